The lowest BCUT2D eigenvalue weighted by atomic mass is 9.99. The fourth-order valence-electron chi connectivity index (χ4n) is 9.88. The lowest BCUT2D eigenvalue weighted by Crippen LogP contribution is -2.61. The van der Waals surface area contributed by atoms with E-state index in [0.717, 1.165) is 32.1 Å². The molecule has 8 unspecified atom stereocenters. The summed E-state index contributed by atoms with van der Waals surface area (Å²) in [5, 5.41) is 54.7. The van der Waals surface area contributed by atoms with Gasteiger partial charge in [0.1, 0.15) is 30.5 Å². The minimum absolute atomic E-state index is 0.264. The van der Waals surface area contributed by atoms with Gasteiger partial charge in [-0.25, -0.2) is 4.18 Å². The summed E-state index contributed by atoms with van der Waals surface area (Å²) in [6.07, 6.45) is 43.5. The third kappa shape index (κ3) is 37.7. The van der Waals surface area contributed by atoms with Crippen LogP contribution in [-0.2, 0) is 28.9 Å². The van der Waals surface area contributed by atoms with Crippen LogP contribution in [0, 0.1) is 0 Å². The van der Waals surface area contributed by atoms with E-state index >= 15 is 0 Å². The molecule has 70 heavy (non-hydrogen) atoms. The van der Waals surface area contributed by atoms with Crippen LogP contribution in [0.4, 0.5) is 0 Å². The zero-order valence-electron chi connectivity index (χ0n) is 45.0. The number of rotatable bonds is 52. The van der Waals surface area contributed by atoms with Crippen molar-refractivity contribution in [3.05, 3.63) is 0 Å². The Hall–Kier alpha value is -0.940. The largest absolute Gasteiger partial charge is 0.397 e. The van der Waals surface area contributed by atoms with Crippen molar-refractivity contribution in [2.45, 2.75) is 339 Å². The average Bonchev–Trinajstić information content (AvgIpc) is 3.33. The fraction of sp³-hybridized carbons (Fsp3) is 0.982. The third-order valence-electron chi connectivity index (χ3n) is 14.5. The Labute approximate surface area is 429 Å². The average molecular weight is 1020 g/mol. The second-order valence-corrected chi connectivity index (χ2v) is 22.1. The Morgan fingerprint density at radius 3 is 1.16 bits per heavy atom. The molecule has 0 aromatic carbocycles. The zero-order chi connectivity index (χ0) is 51.3. The van der Waals surface area contributed by atoms with Gasteiger partial charge in [-0.3, -0.25) is 9.35 Å². The van der Waals surface area contributed by atoms with Gasteiger partial charge in [-0.1, -0.05) is 277 Å². The Kier molecular flexibility index (Phi) is 44.6. The Morgan fingerprint density at radius 2 is 0.829 bits per heavy atom. The molecule has 0 aromatic rings. The van der Waals surface area contributed by atoms with Gasteiger partial charge in [-0.15, -0.1) is 0 Å². The second kappa shape index (κ2) is 46.6. The second-order valence-electron chi connectivity index (χ2n) is 21.1. The molecule has 1 saturated heterocycles. The molecule has 7 N–H and O–H groups in total. The molecule has 0 spiro atoms. The van der Waals surface area contributed by atoms with E-state index in [-0.39, 0.29) is 6.42 Å². The minimum Gasteiger partial charge on any atom is -0.394 e. The maximum atomic E-state index is 13.0. The van der Waals surface area contributed by atoms with E-state index in [1.807, 2.05) is 6.92 Å². The van der Waals surface area contributed by atoms with Crippen molar-refractivity contribution < 1.29 is 57.0 Å². The highest BCUT2D eigenvalue weighted by molar-refractivity contribution is 7.80. The molecule has 1 heterocycles. The summed E-state index contributed by atoms with van der Waals surface area (Å²) in [5.74, 6) is -0.675. The SMILES string of the molecule is CCCCCCCCCCCCCCCCCCCCCCCCCCCCCCCCCCCCCCCCC(O)C(=O)NC(COC1OC(CO)C(O)C(OS(=O)(=O)O)C1O)C(O)CCCCC. The molecular weight excluding hydrogens is 911 g/mol. The molecule has 418 valence electrons. The van der Waals surface area contributed by atoms with Crippen molar-refractivity contribution in [1.82, 2.24) is 5.32 Å². The van der Waals surface area contributed by atoms with Crippen LogP contribution in [0.3, 0.4) is 0 Å². The zero-order valence-corrected chi connectivity index (χ0v) is 45.8. The number of amides is 1. The van der Waals surface area contributed by atoms with E-state index in [0.29, 0.717) is 19.3 Å². The van der Waals surface area contributed by atoms with Gasteiger partial charge in [0.2, 0.25) is 5.91 Å². The van der Waals surface area contributed by atoms with Gasteiger partial charge in [0, 0.05) is 0 Å². The molecule has 1 fully saturated rings. The smallest absolute Gasteiger partial charge is 0.394 e. The van der Waals surface area contributed by atoms with E-state index in [4.69, 9.17) is 14.0 Å². The summed E-state index contributed by atoms with van der Waals surface area (Å²) in [4.78, 5) is 13.0. The van der Waals surface area contributed by atoms with Crippen molar-refractivity contribution in [2.24, 2.45) is 0 Å². The van der Waals surface area contributed by atoms with Crippen molar-refractivity contribution in [2.75, 3.05) is 13.2 Å². The predicted molar refractivity (Wildman–Crippen MR) is 284 cm³/mol. The van der Waals surface area contributed by atoms with Crippen LogP contribution in [0.25, 0.3) is 0 Å². The van der Waals surface area contributed by atoms with Crippen LogP contribution in [0.1, 0.15) is 290 Å². The molecule has 0 saturated carbocycles. The number of carbonyl (C=O) groups is 1. The molecule has 1 amide bonds. The van der Waals surface area contributed by atoms with Gasteiger partial charge in [-0.05, 0) is 12.8 Å². The Balaban J connectivity index is 1.98. The first-order chi connectivity index (χ1) is 33.9. The molecule has 14 heteroatoms. The molecule has 0 radical (unpaired) electrons. The number of ether oxygens (including phenoxy) is 2. The lowest BCUT2D eigenvalue weighted by Gasteiger charge is -2.41. The van der Waals surface area contributed by atoms with Crippen LogP contribution in [-0.4, -0.2) is 107 Å². The summed E-state index contributed by atoms with van der Waals surface area (Å²) in [5.41, 5.74) is 0. The van der Waals surface area contributed by atoms with Crippen LogP contribution in [0.5, 0.6) is 0 Å². The molecule has 1 aliphatic rings. The fourth-order valence-corrected chi connectivity index (χ4v) is 10.4. The number of aliphatic hydroxyl groups is 5. The van der Waals surface area contributed by atoms with Crippen molar-refractivity contribution >= 4 is 16.3 Å². The van der Waals surface area contributed by atoms with Crippen LogP contribution < -0.4 is 5.32 Å². The Morgan fingerprint density at radius 1 is 0.514 bits per heavy atom. The first-order valence-electron chi connectivity index (χ1n) is 29.5. The van der Waals surface area contributed by atoms with Gasteiger partial charge in [0.05, 0.1) is 25.4 Å². The number of aliphatic hydroxyl groups excluding tert-OH is 5. The number of nitrogens with one attached hydrogen (secondary N) is 1. The quantitative estimate of drug-likeness (QED) is 0.0224. The standard InChI is InChI=1S/C56H111NO12S/c1-3-5-7-8-9-10-11-12-13-14-15-16-17-18-19-20-21-22-23-24-25-26-27-28-29-30-31-32-33-34-35-36-37-38-39-40-41-43-45-50(60)55(63)57-48(49(59)44-42-6-4-2)47-67-56-53(62)54(69-70(64,65)66)52(61)51(46-58)68-56/h48-54,56,58-62H,3-47H2,1-2H3,(H,57,63)(H,64,65,66). The molecular formula is C56H111NO12S. The highest BCUT2D eigenvalue weighted by Gasteiger charge is 2.48. The first kappa shape index (κ1) is 67.1. The van der Waals surface area contributed by atoms with Gasteiger partial charge in [0.15, 0.2) is 6.29 Å². The normalized spacial score (nSPS) is 19.9. The maximum Gasteiger partial charge on any atom is 0.397 e. The third-order valence-corrected chi connectivity index (χ3v) is 15.0. The predicted octanol–water partition coefficient (Wildman–Crippen LogP) is 12.7. The molecule has 13 nitrogen and oxygen atoms in total. The summed E-state index contributed by atoms with van der Waals surface area (Å²) in [6.45, 7) is 3.10. The monoisotopic (exact) mass is 1020 g/mol. The van der Waals surface area contributed by atoms with Gasteiger partial charge in [0.25, 0.3) is 0 Å². The summed E-state index contributed by atoms with van der Waals surface area (Å²) in [7, 11) is -5.10. The molecule has 0 aliphatic carbocycles. The van der Waals surface area contributed by atoms with E-state index in [2.05, 4.69) is 16.4 Å². The molecule has 8 atom stereocenters. The molecule has 0 aromatic heterocycles. The maximum absolute atomic E-state index is 13.0. The summed E-state index contributed by atoms with van der Waals surface area (Å²) < 4.78 is 47.2. The van der Waals surface area contributed by atoms with Gasteiger partial charge in [-0.2, -0.15) is 8.42 Å². The van der Waals surface area contributed by atoms with E-state index in [9.17, 15) is 38.7 Å². The minimum atomic E-state index is -5.10. The highest BCUT2D eigenvalue weighted by Crippen LogP contribution is 2.26. The molecule has 1 aliphatic heterocycles. The summed E-state index contributed by atoms with van der Waals surface area (Å²) >= 11 is 0. The van der Waals surface area contributed by atoms with Gasteiger partial charge >= 0.3 is 10.4 Å². The topological polar surface area (TPSA) is 212 Å². The van der Waals surface area contributed by atoms with Crippen LogP contribution in [0.15, 0.2) is 0 Å². The van der Waals surface area contributed by atoms with E-state index in [1.165, 1.54) is 218 Å². The highest BCUT2D eigenvalue weighted by atomic mass is 32.3. The van der Waals surface area contributed by atoms with E-state index < -0.39 is 78.5 Å². The van der Waals surface area contributed by atoms with Crippen molar-refractivity contribution in [1.29, 1.82) is 0 Å². The number of hydrogen-bond donors (Lipinski definition) is 7. The number of carbonyl (C=O) groups excluding carboxylic acids is 1. The van der Waals surface area contributed by atoms with Gasteiger partial charge < -0.3 is 40.3 Å². The van der Waals surface area contributed by atoms with Crippen LogP contribution in [0.2, 0.25) is 0 Å². The van der Waals surface area contributed by atoms with E-state index in [1.54, 1.807) is 0 Å². The van der Waals surface area contributed by atoms with Crippen molar-refractivity contribution in [3.8, 4) is 0 Å². The first-order valence-corrected chi connectivity index (χ1v) is 30.9. The number of unbranched alkanes of at least 4 members (excludes halogenated alkanes) is 39. The molecule has 1 rings (SSSR count). The molecule has 0 bridgehead atoms. The lowest BCUT2D eigenvalue weighted by molar-refractivity contribution is -0.298. The Bertz CT molecular complexity index is 1260. The van der Waals surface area contributed by atoms with Crippen LogP contribution >= 0.6 is 0 Å². The number of hydrogen-bond acceptors (Lipinski definition) is 11. The van der Waals surface area contributed by atoms with Crippen molar-refractivity contribution in [3.63, 3.8) is 0 Å². The summed E-state index contributed by atoms with van der Waals surface area (Å²) in [6, 6.07) is -1.03.